The van der Waals surface area contributed by atoms with Crippen LogP contribution in [0.1, 0.15) is 37.7 Å². The molecule has 2 saturated heterocycles. The first-order chi connectivity index (χ1) is 19.4. The number of fused-ring (bicyclic) bond motifs is 1. The molecule has 2 aliphatic heterocycles. The average molecular weight is 541 g/mol. The summed E-state index contributed by atoms with van der Waals surface area (Å²) in [6.45, 7) is 4.60. The minimum atomic E-state index is -0.348. The van der Waals surface area contributed by atoms with E-state index in [0.717, 1.165) is 56.8 Å². The van der Waals surface area contributed by atoms with Gasteiger partial charge >= 0.3 is 0 Å². The summed E-state index contributed by atoms with van der Waals surface area (Å²) >= 11 is 0. The van der Waals surface area contributed by atoms with Gasteiger partial charge in [0.05, 0.1) is 40.3 Å². The van der Waals surface area contributed by atoms with Crippen molar-refractivity contribution in [2.24, 2.45) is 5.41 Å². The van der Waals surface area contributed by atoms with Gasteiger partial charge in [0.15, 0.2) is 0 Å². The molecule has 1 aromatic carbocycles. The fourth-order valence-electron chi connectivity index (χ4n) is 6.47. The van der Waals surface area contributed by atoms with Crippen LogP contribution in [0.5, 0.6) is 0 Å². The lowest BCUT2D eigenvalue weighted by Crippen LogP contribution is -2.58. The molecule has 1 spiro atoms. The smallest absolute Gasteiger partial charge is 0.259 e. The molecule has 0 radical (unpaired) electrons. The first-order valence-corrected chi connectivity index (χ1v) is 14.1. The molecule has 0 unspecified atom stereocenters. The second-order valence-corrected chi connectivity index (χ2v) is 11.7. The van der Waals surface area contributed by atoms with Gasteiger partial charge in [0.1, 0.15) is 11.6 Å². The first kappa shape index (κ1) is 25.2. The van der Waals surface area contributed by atoms with Gasteiger partial charge in [0, 0.05) is 44.5 Å². The van der Waals surface area contributed by atoms with E-state index < -0.39 is 0 Å². The van der Waals surface area contributed by atoms with Crippen LogP contribution >= 0.6 is 0 Å². The van der Waals surface area contributed by atoms with Crippen molar-refractivity contribution in [1.82, 2.24) is 19.9 Å². The zero-order chi connectivity index (χ0) is 27.3. The van der Waals surface area contributed by atoms with Crippen LogP contribution in [0.4, 0.5) is 21.6 Å². The molecule has 206 valence electrons. The number of halogens is 1. The minimum absolute atomic E-state index is 0.238. The fraction of sp³-hybridized carbons (Fsp3) is 0.387. The number of aliphatic hydroxyl groups is 1. The monoisotopic (exact) mass is 540 g/mol. The van der Waals surface area contributed by atoms with Gasteiger partial charge in [-0.15, -0.1) is 0 Å². The van der Waals surface area contributed by atoms with E-state index in [1.807, 2.05) is 24.3 Å². The highest BCUT2D eigenvalue weighted by atomic mass is 19.1. The van der Waals surface area contributed by atoms with E-state index >= 15 is 4.39 Å². The predicted octanol–water partition coefficient (Wildman–Crippen LogP) is 4.81. The van der Waals surface area contributed by atoms with Gasteiger partial charge in [0.2, 0.25) is 0 Å². The van der Waals surface area contributed by atoms with E-state index in [2.05, 4.69) is 30.1 Å². The Kier molecular flexibility index (Phi) is 6.28. The normalized spacial score (nSPS) is 19.0. The minimum Gasteiger partial charge on any atom is -0.393 e. The molecule has 0 bridgehead atoms. The van der Waals surface area contributed by atoms with Gasteiger partial charge in [-0.05, 0) is 73.1 Å². The summed E-state index contributed by atoms with van der Waals surface area (Å²) in [5.41, 5.74) is 4.17. The van der Waals surface area contributed by atoms with Crippen LogP contribution in [0.2, 0.25) is 0 Å². The number of aromatic nitrogens is 3. The average Bonchev–Trinajstić information content (AvgIpc) is 2.91. The van der Waals surface area contributed by atoms with E-state index in [-0.39, 0.29) is 17.5 Å². The second-order valence-electron chi connectivity index (χ2n) is 11.7. The maximum atomic E-state index is 15.2. The van der Waals surface area contributed by atoms with E-state index in [1.54, 1.807) is 24.5 Å². The number of nitrogens with zero attached hydrogens (tertiary/aromatic N) is 4. The van der Waals surface area contributed by atoms with E-state index in [0.29, 0.717) is 39.1 Å². The van der Waals surface area contributed by atoms with E-state index in [9.17, 15) is 9.90 Å². The van der Waals surface area contributed by atoms with Crippen molar-refractivity contribution in [2.45, 2.75) is 44.8 Å². The lowest BCUT2D eigenvalue weighted by Gasteiger charge is -2.56. The highest BCUT2D eigenvalue weighted by molar-refractivity contribution is 5.94. The number of aliphatic hydroxyl groups excluding tert-OH is 1. The molecule has 3 aromatic heterocycles. The maximum Gasteiger partial charge on any atom is 0.259 e. The van der Waals surface area contributed by atoms with Gasteiger partial charge in [-0.1, -0.05) is 12.5 Å². The van der Waals surface area contributed by atoms with Crippen molar-refractivity contribution >= 4 is 28.1 Å². The molecular formula is C31H33FN6O2. The quantitative estimate of drug-likeness (QED) is 0.323. The van der Waals surface area contributed by atoms with Crippen molar-refractivity contribution in [1.29, 1.82) is 0 Å². The van der Waals surface area contributed by atoms with Crippen LogP contribution in [0.3, 0.4) is 0 Å². The molecule has 1 aliphatic carbocycles. The Balaban J connectivity index is 1.18. The fourth-order valence-corrected chi connectivity index (χ4v) is 6.47. The lowest BCUT2D eigenvalue weighted by atomic mass is 9.63. The van der Waals surface area contributed by atoms with Crippen LogP contribution in [-0.2, 0) is 6.54 Å². The van der Waals surface area contributed by atoms with Crippen molar-refractivity contribution < 1.29 is 9.50 Å². The highest BCUT2D eigenvalue weighted by Gasteiger charge is 2.46. The molecule has 3 fully saturated rings. The third-order valence-corrected chi connectivity index (χ3v) is 8.82. The number of piperidine rings is 1. The summed E-state index contributed by atoms with van der Waals surface area (Å²) in [4.78, 5) is 29.5. The van der Waals surface area contributed by atoms with Gasteiger partial charge in [-0.2, -0.15) is 0 Å². The van der Waals surface area contributed by atoms with E-state index in [1.165, 1.54) is 25.3 Å². The summed E-state index contributed by atoms with van der Waals surface area (Å²) in [7, 11) is 0. The van der Waals surface area contributed by atoms with Crippen LogP contribution in [0.15, 0.2) is 59.7 Å². The summed E-state index contributed by atoms with van der Waals surface area (Å²) in [6, 6.07) is 12.6. The Morgan fingerprint density at radius 3 is 2.65 bits per heavy atom. The number of hydrogen-bond donors (Lipinski definition) is 3. The number of nitrogens with one attached hydrogen (secondary N) is 2. The van der Waals surface area contributed by atoms with Crippen molar-refractivity contribution in [3.8, 4) is 11.3 Å². The topological polar surface area (TPSA) is 97.4 Å². The molecule has 40 heavy (non-hydrogen) atoms. The van der Waals surface area contributed by atoms with Gasteiger partial charge in [-0.25, -0.2) is 14.4 Å². The molecular weight excluding hydrogens is 507 g/mol. The number of aromatic amines is 1. The van der Waals surface area contributed by atoms with Crippen molar-refractivity contribution in [2.75, 3.05) is 36.4 Å². The van der Waals surface area contributed by atoms with Gasteiger partial charge < -0.3 is 20.3 Å². The maximum absolute atomic E-state index is 15.2. The number of likely N-dealkylation sites (tertiary alicyclic amines) is 1. The highest BCUT2D eigenvalue weighted by Crippen LogP contribution is 2.48. The van der Waals surface area contributed by atoms with Crippen LogP contribution < -0.4 is 15.8 Å². The molecule has 0 amide bonds. The largest absolute Gasteiger partial charge is 0.393 e. The number of rotatable bonds is 6. The lowest BCUT2D eigenvalue weighted by molar-refractivity contribution is -0.0645. The van der Waals surface area contributed by atoms with Gasteiger partial charge in [-0.3, -0.25) is 9.69 Å². The molecule has 4 aromatic rings. The zero-order valence-corrected chi connectivity index (χ0v) is 22.4. The van der Waals surface area contributed by atoms with Gasteiger partial charge in [0.25, 0.3) is 5.56 Å². The Morgan fingerprint density at radius 1 is 1.10 bits per heavy atom. The third kappa shape index (κ3) is 4.73. The Morgan fingerprint density at radius 2 is 1.93 bits per heavy atom. The number of anilines is 3. The SMILES string of the molecule is O=c1[nH]ccc2nc(-c3cc(CN4CC5(CCC5)C4)ccc3F)cc(Nc3ccc(N4CCC(O)CC4)cn3)c12. The predicted molar refractivity (Wildman–Crippen MR) is 154 cm³/mol. The summed E-state index contributed by atoms with van der Waals surface area (Å²) in [6.07, 6.45) is 8.59. The second kappa shape index (κ2) is 9.98. The summed E-state index contributed by atoms with van der Waals surface area (Å²) < 4.78 is 15.2. The summed E-state index contributed by atoms with van der Waals surface area (Å²) in [5, 5.41) is 13.5. The Hall–Kier alpha value is -3.82. The first-order valence-electron chi connectivity index (χ1n) is 14.1. The van der Waals surface area contributed by atoms with E-state index in [4.69, 9.17) is 0 Å². The molecule has 5 heterocycles. The standard InChI is InChI=1S/C31H33FN6O2/c32-24-4-2-20(17-37-18-31(19-37)9-1-10-31)14-23(24)26-15-27(29-25(35-26)6-11-33-30(29)40)36-28-5-3-21(16-34-28)38-12-7-22(39)8-13-38/h2-6,11,14-16,22,39H,1,7-10,12-13,17-19H2,(H,33,40)(H,34,35,36). The zero-order valence-electron chi connectivity index (χ0n) is 22.4. The van der Waals surface area contributed by atoms with Crippen LogP contribution in [0.25, 0.3) is 22.2 Å². The molecule has 9 heteroatoms. The number of H-pyrrole nitrogens is 1. The molecule has 0 atom stereocenters. The molecule has 8 nitrogen and oxygen atoms in total. The summed E-state index contributed by atoms with van der Waals surface area (Å²) in [5.74, 6) is 0.221. The Bertz CT molecular complexity index is 1600. The molecule has 7 rings (SSSR count). The third-order valence-electron chi connectivity index (χ3n) is 8.82. The van der Waals surface area contributed by atoms with Crippen molar-refractivity contribution in [3.05, 3.63) is 76.6 Å². The Labute approximate surface area is 231 Å². The number of hydrogen-bond acceptors (Lipinski definition) is 7. The number of pyridine rings is 3. The molecule has 3 aliphatic rings. The molecule has 3 N–H and O–H groups in total. The molecule has 1 saturated carbocycles. The van der Waals surface area contributed by atoms with Crippen molar-refractivity contribution in [3.63, 3.8) is 0 Å². The van der Waals surface area contributed by atoms with Crippen LogP contribution in [0, 0.1) is 11.2 Å². The number of benzene rings is 1. The van der Waals surface area contributed by atoms with Crippen LogP contribution in [-0.4, -0.2) is 57.2 Å².